The summed E-state index contributed by atoms with van der Waals surface area (Å²) in [7, 11) is 1.56. The third kappa shape index (κ3) is 5.70. The molecule has 0 aliphatic heterocycles. The van der Waals surface area contributed by atoms with Gasteiger partial charge in [0, 0.05) is 11.5 Å². The number of hydrogen-bond donors (Lipinski definition) is 1. The molecule has 1 N–H and O–H groups in total. The molecular weight excluding hydrogens is 498 g/mol. The van der Waals surface area contributed by atoms with Crippen LogP contribution in [0.2, 0.25) is 0 Å². The molecular formula is C33H34F2O4. The molecule has 1 atom stereocenters. The molecule has 39 heavy (non-hydrogen) atoms. The minimum Gasteiger partial charge on any atom is -0.497 e. The molecule has 3 aromatic rings. The average molecular weight is 533 g/mol. The fourth-order valence-corrected chi connectivity index (χ4v) is 5.74. The van der Waals surface area contributed by atoms with Gasteiger partial charge in [-0.3, -0.25) is 4.79 Å². The van der Waals surface area contributed by atoms with E-state index in [-0.39, 0.29) is 41.8 Å². The van der Waals surface area contributed by atoms with Gasteiger partial charge in [0.05, 0.1) is 13.5 Å². The molecule has 0 saturated heterocycles. The van der Waals surface area contributed by atoms with Gasteiger partial charge < -0.3 is 14.6 Å². The zero-order valence-electron chi connectivity index (χ0n) is 22.6. The van der Waals surface area contributed by atoms with E-state index in [4.69, 9.17) is 9.47 Å². The van der Waals surface area contributed by atoms with E-state index in [0.29, 0.717) is 16.9 Å². The Bertz CT molecular complexity index is 1420. The van der Waals surface area contributed by atoms with Crippen molar-refractivity contribution in [1.29, 1.82) is 0 Å². The van der Waals surface area contributed by atoms with Crippen LogP contribution < -0.4 is 9.47 Å². The molecule has 0 unspecified atom stereocenters. The Morgan fingerprint density at radius 2 is 1.85 bits per heavy atom. The highest BCUT2D eigenvalue weighted by Gasteiger charge is 2.36. The first-order valence-corrected chi connectivity index (χ1v) is 13.5. The van der Waals surface area contributed by atoms with Gasteiger partial charge in [0.2, 0.25) is 0 Å². The van der Waals surface area contributed by atoms with Crippen molar-refractivity contribution in [3.8, 4) is 22.6 Å². The molecule has 5 rings (SSSR count). The van der Waals surface area contributed by atoms with Crippen LogP contribution in [0.15, 0.2) is 60.7 Å². The molecule has 1 fully saturated rings. The fourth-order valence-electron chi connectivity index (χ4n) is 5.74. The zero-order chi connectivity index (χ0) is 27.7. The molecule has 204 valence electrons. The van der Waals surface area contributed by atoms with Gasteiger partial charge in [-0.25, -0.2) is 8.78 Å². The van der Waals surface area contributed by atoms with Gasteiger partial charge >= 0.3 is 5.97 Å². The van der Waals surface area contributed by atoms with Crippen LogP contribution in [0, 0.1) is 23.0 Å². The lowest BCUT2D eigenvalue weighted by molar-refractivity contribution is -0.137. The summed E-state index contributed by atoms with van der Waals surface area (Å²) in [6.07, 6.45) is 5.89. The largest absolute Gasteiger partial charge is 0.497 e. The molecule has 0 heterocycles. The van der Waals surface area contributed by atoms with Crippen LogP contribution in [0.25, 0.3) is 16.7 Å². The Hall–Kier alpha value is -3.67. The second-order valence-electron chi connectivity index (χ2n) is 11.3. The highest BCUT2D eigenvalue weighted by atomic mass is 19.1. The van der Waals surface area contributed by atoms with Crippen LogP contribution in [0.1, 0.15) is 68.6 Å². The molecule has 3 aromatic carbocycles. The van der Waals surface area contributed by atoms with Crippen molar-refractivity contribution in [1.82, 2.24) is 0 Å². The number of carbonyl (C=O) groups is 1. The number of ether oxygens (including phenoxy) is 2. The van der Waals surface area contributed by atoms with Gasteiger partial charge in [0.1, 0.15) is 18.2 Å². The van der Waals surface area contributed by atoms with Gasteiger partial charge in [-0.2, -0.15) is 0 Å². The first-order valence-electron chi connectivity index (χ1n) is 13.5. The van der Waals surface area contributed by atoms with Crippen LogP contribution in [0.5, 0.6) is 11.5 Å². The van der Waals surface area contributed by atoms with E-state index in [0.717, 1.165) is 47.9 Å². The van der Waals surface area contributed by atoms with Crippen LogP contribution >= 0.6 is 0 Å². The molecule has 0 spiro atoms. The minimum absolute atomic E-state index is 0.0774. The summed E-state index contributed by atoms with van der Waals surface area (Å²) in [5.41, 5.74) is 4.46. The predicted octanol–water partition coefficient (Wildman–Crippen LogP) is 8.39. The Kier molecular flexibility index (Phi) is 7.48. The van der Waals surface area contributed by atoms with Crippen molar-refractivity contribution in [2.24, 2.45) is 11.3 Å². The van der Waals surface area contributed by atoms with Crippen molar-refractivity contribution in [3.05, 3.63) is 89.0 Å². The first kappa shape index (κ1) is 26.9. The van der Waals surface area contributed by atoms with E-state index in [1.165, 1.54) is 6.07 Å². The van der Waals surface area contributed by atoms with E-state index in [9.17, 15) is 9.90 Å². The quantitative estimate of drug-likeness (QED) is 0.285. The van der Waals surface area contributed by atoms with Crippen LogP contribution in [0.3, 0.4) is 0 Å². The molecule has 4 nitrogen and oxygen atoms in total. The standard InChI is InChI=1S/C33H34F2O4/c1-33(2)15-5-7-28(33)26-16-20(9-13-23(26)27-17-22(38-3)12-14-29(27)34)19-39-30-8-4-6-24(32(30)35)25(18-31(36)37)21-10-11-21/h4,6-9,12-14,16-17,21,25H,5,10-11,15,18-19H2,1-3H3,(H,36,37)/t25-/m0/s1. The fraction of sp³-hybridized carbons (Fsp3) is 0.364. The summed E-state index contributed by atoms with van der Waals surface area (Å²) >= 11 is 0. The van der Waals surface area contributed by atoms with Gasteiger partial charge in [0.15, 0.2) is 11.6 Å². The topological polar surface area (TPSA) is 55.8 Å². The van der Waals surface area contributed by atoms with E-state index in [1.807, 2.05) is 18.2 Å². The summed E-state index contributed by atoms with van der Waals surface area (Å²) in [6, 6.07) is 15.5. The first-order chi connectivity index (χ1) is 18.7. The van der Waals surface area contributed by atoms with E-state index < -0.39 is 11.8 Å². The number of benzene rings is 3. The summed E-state index contributed by atoms with van der Waals surface area (Å²) in [4.78, 5) is 11.4. The summed E-state index contributed by atoms with van der Waals surface area (Å²) in [5.74, 6) is -1.23. The second-order valence-corrected chi connectivity index (χ2v) is 11.3. The molecule has 0 radical (unpaired) electrons. The monoisotopic (exact) mass is 532 g/mol. The summed E-state index contributed by atoms with van der Waals surface area (Å²) < 4.78 is 41.9. The number of halogens is 2. The third-order valence-corrected chi connectivity index (χ3v) is 8.06. The lowest BCUT2D eigenvalue weighted by Gasteiger charge is -2.25. The molecule has 1 saturated carbocycles. The molecule has 0 amide bonds. The average Bonchev–Trinajstić information content (AvgIpc) is 3.69. The minimum atomic E-state index is -0.929. The van der Waals surface area contributed by atoms with E-state index >= 15 is 8.78 Å². The van der Waals surface area contributed by atoms with Crippen molar-refractivity contribution in [3.63, 3.8) is 0 Å². The van der Waals surface area contributed by atoms with Crippen LogP contribution in [0.4, 0.5) is 8.78 Å². The maximum Gasteiger partial charge on any atom is 0.303 e. The highest BCUT2D eigenvalue weighted by Crippen LogP contribution is 2.48. The van der Waals surface area contributed by atoms with Crippen LogP contribution in [-0.4, -0.2) is 18.2 Å². The molecule has 6 heteroatoms. The Morgan fingerprint density at radius 3 is 2.51 bits per heavy atom. The number of hydrogen-bond acceptors (Lipinski definition) is 3. The van der Waals surface area contributed by atoms with E-state index in [2.05, 4.69) is 19.9 Å². The zero-order valence-corrected chi connectivity index (χ0v) is 22.6. The van der Waals surface area contributed by atoms with Crippen molar-refractivity contribution < 1.29 is 28.2 Å². The maximum atomic E-state index is 15.5. The van der Waals surface area contributed by atoms with Gasteiger partial charge in [-0.1, -0.05) is 44.2 Å². The maximum absolute atomic E-state index is 15.5. The number of rotatable bonds is 10. The second kappa shape index (κ2) is 10.8. The van der Waals surface area contributed by atoms with Crippen molar-refractivity contribution in [2.75, 3.05) is 7.11 Å². The number of allylic oxidation sites excluding steroid dienone is 2. The lowest BCUT2D eigenvalue weighted by Crippen LogP contribution is -2.11. The summed E-state index contributed by atoms with van der Waals surface area (Å²) in [6.45, 7) is 4.50. The van der Waals surface area contributed by atoms with Crippen molar-refractivity contribution in [2.45, 2.75) is 58.5 Å². The highest BCUT2D eigenvalue weighted by molar-refractivity contribution is 5.85. The smallest absolute Gasteiger partial charge is 0.303 e. The number of aliphatic carboxylic acids is 1. The number of carboxylic acid groups (broad SMARTS) is 1. The lowest BCUT2D eigenvalue weighted by atomic mass is 9.79. The Labute approximate surface area is 228 Å². The number of carboxylic acids is 1. The normalized spacial score (nSPS) is 17.0. The van der Waals surface area contributed by atoms with Crippen LogP contribution in [-0.2, 0) is 11.4 Å². The van der Waals surface area contributed by atoms with E-state index in [1.54, 1.807) is 37.4 Å². The Morgan fingerprint density at radius 1 is 1.05 bits per heavy atom. The SMILES string of the molecule is COc1ccc(F)c(-c2ccc(COc3cccc([C@@H](CC(=O)O)C4CC4)c3F)cc2C2=CCCC2(C)C)c1. The van der Waals surface area contributed by atoms with Gasteiger partial charge in [-0.05, 0) is 95.2 Å². The molecule has 2 aliphatic rings. The van der Waals surface area contributed by atoms with Gasteiger partial charge in [0.25, 0.3) is 0 Å². The third-order valence-electron chi connectivity index (χ3n) is 8.06. The molecule has 0 aromatic heterocycles. The molecule has 0 bridgehead atoms. The Balaban J connectivity index is 1.47. The van der Waals surface area contributed by atoms with Crippen molar-refractivity contribution >= 4 is 11.5 Å². The molecule has 2 aliphatic carbocycles. The predicted molar refractivity (Wildman–Crippen MR) is 148 cm³/mol. The summed E-state index contributed by atoms with van der Waals surface area (Å²) in [5, 5.41) is 9.35. The number of methoxy groups -OCH3 is 1. The van der Waals surface area contributed by atoms with Gasteiger partial charge in [-0.15, -0.1) is 0 Å².